The molecular weight excluding hydrogens is 411 g/mol. The molecule has 24 heavy (non-hydrogen) atoms. The van der Waals surface area contributed by atoms with Crippen LogP contribution < -0.4 is 5.32 Å². The van der Waals surface area contributed by atoms with Crippen LogP contribution in [-0.2, 0) is 6.54 Å². The maximum absolute atomic E-state index is 4.50. The summed E-state index contributed by atoms with van der Waals surface area (Å²) in [6.45, 7) is 3.10. The number of benzene rings is 1. The third-order valence-electron chi connectivity index (χ3n) is 5.54. The molecule has 1 spiro atoms. The van der Waals surface area contributed by atoms with Crippen molar-refractivity contribution < 1.29 is 0 Å². The summed E-state index contributed by atoms with van der Waals surface area (Å²) in [5.74, 6) is 1.04. The number of para-hydroxylation sites is 1. The second kappa shape index (κ2) is 7.25. The lowest BCUT2D eigenvalue weighted by molar-refractivity contribution is 0.151. The van der Waals surface area contributed by atoms with E-state index in [0.717, 1.165) is 24.6 Å². The van der Waals surface area contributed by atoms with E-state index in [0.29, 0.717) is 5.41 Å². The van der Waals surface area contributed by atoms with Gasteiger partial charge in [0.05, 0.1) is 5.52 Å². The molecule has 4 nitrogen and oxygen atoms in total. The summed E-state index contributed by atoms with van der Waals surface area (Å²) in [7, 11) is 1.89. The van der Waals surface area contributed by atoms with Gasteiger partial charge in [0.25, 0.3) is 0 Å². The fourth-order valence-electron chi connectivity index (χ4n) is 4.02. The highest BCUT2D eigenvalue weighted by Crippen LogP contribution is 2.47. The lowest BCUT2D eigenvalue weighted by Gasteiger charge is -2.38. The maximum atomic E-state index is 4.50. The Kier molecular flexibility index (Phi) is 5.27. The molecule has 0 amide bonds. The smallest absolute Gasteiger partial charge is 0.193 e. The first-order valence-corrected chi connectivity index (χ1v) is 8.58. The van der Waals surface area contributed by atoms with Crippen molar-refractivity contribution in [2.45, 2.75) is 32.2 Å². The standard InChI is InChI=1S/C19H24N4.HI/c1-20-18(23-12-10-19(14-23)8-4-9-19)22-13-15-7-11-21-17-6-3-2-5-16(15)17;/h2-3,5-7,11H,4,8-10,12-14H2,1H3,(H,20,22);1H. The Morgan fingerprint density at radius 2 is 2.08 bits per heavy atom. The molecule has 2 aromatic rings. The van der Waals surface area contributed by atoms with Crippen LogP contribution in [0, 0.1) is 5.41 Å². The monoisotopic (exact) mass is 436 g/mol. The summed E-state index contributed by atoms with van der Waals surface area (Å²) < 4.78 is 0. The average molecular weight is 436 g/mol. The van der Waals surface area contributed by atoms with Gasteiger partial charge in [0.15, 0.2) is 5.96 Å². The lowest BCUT2D eigenvalue weighted by atomic mass is 9.68. The average Bonchev–Trinajstić information content (AvgIpc) is 3.01. The van der Waals surface area contributed by atoms with E-state index in [1.54, 1.807) is 0 Å². The number of guanidine groups is 1. The summed E-state index contributed by atoms with van der Waals surface area (Å²) in [5.41, 5.74) is 2.92. The van der Waals surface area contributed by atoms with E-state index in [1.807, 2.05) is 19.3 Å². The lowest BCUT2D eigenvalue weighted by Crippen LogP contribution is -2.42. The molecule has 0 unspecified atom stereocenters. The zero-order chi connectivity index (χ0) is 15.7. The number of hydrogen-bond donors (Lipinski definition) is 1. The number of aromatic nitrogens is 1. The Balaban J connectivity index is 0.00000169. The number of aliphatic imine (C=N–C) groups is 1. The maximum Gasteiger partial charge on any atom is 0.193 e. The van der Waals surface area contributed by atoms with Crippen LogP contribution in [0.3, 0.4) is 0 Å². The largest absolute Gasteiger partial charge is 0.352 e. The molecule has 1 aromatic carbocycles. The predicted octanol–water partition coefficient (Wildman–Crippen LogP) is 3.80. The molecule has 2 aliphatic rings. The molecule has 1 aliphatic carbocycles. The summed E-state index contributed by atoms with van der Waals surface area (Å²) >= 11 is 0. The van der Waals surface area contributed by atoms with Gasteiger partial charge in [0.2, 0.25) is 0 Å². The molecule has 0 atom stereocenters. The van der Waals surface area contributed by atoms with Crippen LogP contribution in [0.2, 0.25) is 0 Å². The molecule has 1 saturated heterocycles. The van der Waals surface area contributed by atoms with Gasteiger partial charge in [0.1, 0.15) is 0 Å². The Hall–Kier alpha value is -1.37. The number of fused-ring (bicyclic) bond motifs is 1. The third-order valence-corrected chi connectivity index (χ3v) is 5.54. The van der Waals surface area contributed by atoms with Crippen molar-refractivity contribution in [2.75, 3.05) is 20.1 Å². The fraction of sp³-hybridized carbons (Fsp3) is 0.474. The summed E-state index contributed by atoms with van der Waals surface area (Å²) in [4.78, 5) is 11.4. The van der Waals surface area contributed by atoms with Crippen LogP contribution in [0.25, 0.3) is 10.9 Å². The number of halogens is 1. The molecule has 1 N–H and O–H groups in total. The van der Waals surface area contributed by atoms with Crippen LogP contribution in [0.4, 0.5) is 0 Å². The number of nitrogens with one attached hydrogen (secondary N) is 1. The zero-order valence-corrected chi connectivity index (χ0v) is 16.5. The number of nitrogens with zero attached hydrogens (tertiary/aromatic N) is 3. The van der Waals surface area contributed by atoms with Crippen molar-refractivity contribution >= 4 is 40.8 Å². The number of rotatable bonds is 2. The molecule has 128 valence electrons. The molecule has 0 bridgehead atoms. The van der Waals surface area contributed by atoms with Crippen LogP contribution in [0.5, 0.6) is 0 Å². The molecule has 2 heterocycles. The van der Waals surface area contributed by atoms with Crippen LogP contribution in [0.15, 0.2) is 41.5 Å². The van der Waals surface area contributed by atoms with Crippen molar-refractivity contribution in [1.82, 2.24) is 15.2 Å². The number of pyridine rings is 1. The van der Waals surface area contributed by atoms with Gasteiger partial charge in [-0.05, 0) is 42.4 Å². The normalized spacial score (nSPS) is 19.2. The molecular formula is C19H25IN4. The third kappa shape index (κ3) is 3.23. The predicted molar refractivity (Wildman–Crippen MR) is 110 cm³/mol. The Labute approximate surface area is 160 Å². The number of hydrogen-bond acceptors (Lipinski definition) is 2. The van der Waals surface area contributed by atoms with Gasteiger partial charge in [-0.3, -0.25) is 9.98 Å². The van der Waals surface area contributed by atoms with Crippen molar-refractivity contribution in [3.8, 4) is 0 Å². The van der Waals surface area contributed by atoms with E-state index >= 15 is 0 Å². The number of likely N-dealkylation sites (tertiary alicyclic amines) is 1. The highest BCUT2D eigenvalue weighted by Gasteiger charge is 2.43. The van der Waals surface area contributed by atoms with Crippen LogP contribution >= 0.6 is 24.0 Å². The molecule has 2 fully saturated rings. The quantitative estimate of drug-likeness (QED) is 0.442. The molecule has 0 radical (unpaired) electrons. The second-order valence-electron chi connectivity index (χ2n) is 6.91. The molecule has 4 rings (SSSR count). The topological polar surface area (TPSA) is 40.5 Å². The minimum absolute atomic E-state index is 0. The van der Waals surface area contributed by atoms with Gasteiger partial charge in [-0.25, -0.2) is 0 Å². The first-order chi connectivity index (χ1) is 11.3. The van der Waals surface area contributed by atoms with Gasteiger partial charge in [-0.1, -0.05) is 24.6 Å². The van der Waals surface area contributed by atoms with Gasteiger partial charge in [-0.2, -0.15) is 0 Å². The first-order valence-electron chi connectivity index (χ1n) is 8.58. The highest BCUT2D eigenvalue weighted by atomic mass is 127. The molecule has 5 heteroatoms. The van der Waals surface area contributed by atoms with Gasteiger partial charge in [0, 0.05) is 38.3 Å². The first kappa shape index (κ1) is 17.5. The van der Waals surface area contributed by atoms with Gasteiger partial charge in [-0.15, -0.1) is 24.0 Å². The minimum Gasteiger partial charge on any atom is -0.352 e. The Morgan fingerprint density at radius 1 is 1.25 bits per heavy atom. The van der Waals surface area contributed by atoms with Crippen LogP contribution in [-0.4, -0.2) is 36.0 Å². The second-order valence-corrected chi connectivity index (χ2v) is 6.91. The van der Waals surface area contributed by atoms with E-state index in [9.17, 15) is 0 Å². The van der Waals surface area contributed by atoms with E-state index in [1.165, 1.54) is 43.2 Å². The Bertz CT molecular complexity index is 734. The minimum atomic E-state index is 0. The zero-order valence-electron chi connectivity index (χ0n) is 14.2. The molecule has 1 saturated carbocycles. The van der Waals surface area contributed by atoms with Crippen molar-refractivity contribution in [1.29, 1.82) is 0 Å². The fourth-order valence-corrected chi connectivity index (χ4v) is 4.02. The van der Waals surface area contributed by atoms with E-state index < -0.39 is 0 Å². The van der Waals surface area contributed by atoms with Crippen molar-refractivity contribution in [3.63, 3.8) is 0 Å². The summed E-state index contributed by atoms with van der Waals surface area (Å²) in [5, 5.41) is 4.77. The molecule has 1 aromatic heterocycles. The summed E-state index contributed by atoms with van der Waals surface area (Å²) in [6, 6.07) is 10.4. The van der Waals surface area contributed by atoms with E-state index in [-0.39, 0.29) is 24.0 Å². The van der Waals surface area contributed by atoms with Crippen LogP contribution in [0.1, 0.15) is 31.2 Å². The SMILES string of the molecule is CN=C(NCc1ccnc2ccccc12)N1CCC2(CCC2)C1.I. The molecule has 1 aliphatic heterocycles. The summed E-state index contributed by atoms with van der Waals surface area (Å²) in [6.07, 6.45) is 7.42. The van der Waals surface area contributed by atoms with Crippen molar-refractivity contribution in [2.24, 2.45) is 10.4 Å². The van der Waals surface area contributed by atoms with Crippen molar-refractivity contribution in [3.05, 3.63) is 42.1 Å². The van der Waals surface area contributed by atoms with Gasteiger partial charge >= 0.3 is 0 Å². The van der Waals surface area contributed by atoms with E-state index in [4.69, 9.17) is 0 Å². The highest BCUT2D eigenvalue weighted by molar-refractivity contribution is 14.0. The Morgan fingerprint density at radius 3 is 2.79 bits per heavy atom. The van der Waals surface area contributed by atoms with Gasteiger partial charge < -0.3 is 10.2 Å². The van der Waals surface area contributed by atoms with E-state index in [2.05, 4.69) is 44.5 Å².